The largest absolute Gasteiger partial charge is 0.496 e. The fourth-order valence-corrected chi connectivity index (χ4v) is 2.79. The van der Waals surface area contributed by atoms with Crippen LogP contribution in [-0.4, -0.2) is 24.3 Å². The van der Waals surface area contributed by atoms with Crippen molar-refractivity contribution in [2.75, 3.05) is 7.11 Å². The van der Waals surface area contributed by atoms with E-state index in [9.17, 15) is 9.59 Å². The number of carboxylic acid groups (broad SMARTS) is 1. The van der Waals surface area contributed by atoms with E-state index in [1.54, 1.807) is 18.2 Å². The van der Waals surface area contributed by atoms with Crippen molar-refractivity contribution in [3.63, 3.8) is 0 Å². The number of nitrogens with one attached hydrogen (secondary N) is 1. The first-order valence-corrected chi connectivity index (χ1v) is 8.31. The molecular formula is C18H18BrNO5. The van der Waals surface area contributed by atoms with Crippen LogP contribution in [-0.2, 0) is 16.1 Å². The van der Waals surface area contributed by atoms with E-state index in [0.29, 0.717) is 15.8 Å². The summed E-state index contributed by atoms with van der Waals surface area (Å²) in [7, 11) is 1.54. The molecule has 2 rings (SSSR count). The number of ether oxygens (including phenoxy) is 2. The Morgan fingerprint density at radius 3 is 2.52 bits per heavy atom. The van der Waals surface area contributed by atoms with E-state index in [4.69, 9.17) is 14.6 Å². The Kier molecular flexibility index (Phi) is 6.82. The normalized spacial score (nSPS) is 11.4. The zero-order chi connectivity index (χ0) is 18.2. The second-order valence-corrected chi connectivity index (χ2v) is 6.10. The molecule has 25 heavy (non-hydrogen) atoms. The molecule has 132 valence electrons. The summed E-state index contributed by atoms with van der Waals surface area (Å²) in [5.41, 5.74) is 1.48. The number of hydrogen-bond donors (Lipinski definition) is 2. The van der Waals surface area contributed by atoms with Gasteiger partial charge in [0.05, 0.1) is 24.0 Å². The fraction of sp³-hybridized carbons (Fsp3) is 0.222. The first-order valence-electron chi connectivity index (χ1n) is 7.52. The first-order chi connectivity index (χ1) is 12.0. The second kappa shape index (κ2) is 9.08. The van der Waals surface area contributed by atoms with Crippen LogP contribution < -0.4 is 10.1 Å². The predicted molar refractivity (Wildman–Crippen MR) is 95.5 cm³/mol. The molecule has 6 nitrogen and oxygen atoms in total. The van der Waals surface area contributed by atoms with E-state index in [2.05, 4.69) is 21.2 Å². The molecule has 0 aliphatic rings. The topological polar surface area (TPSA) is 84.9 Å². The van der Waals surface area contributed by atoms with Gasteiger partial charge in [0.1, 0.15) is 12.4 Å². The zero-order valence-electron chi connectivity index (χ0n) is 13.6. The number of amides is 1. The molecule has 0 aliphatic carbocycles. The molecule has 2 aromatic rings. The Bertz CT molecular complexity index is 736. The van der Waals surface area contributed by atoms with E-state index in [-0.39, 0.29) is 13.0 Å². The van der Waals surface area contributed by atoms with Gasteiger partial charge in [0.15, 0.2) is 0 Å². The molecule has 0 radical (unpaired) electrons. The third-order valence-electron chi connectivity index (χ3n) is 3.46. The SMILES string of the molecule is COc1ccc([C@@H](CC(=O)O)NC(=O)OCc2ccccc2)cc1Br. The van der Waals surface area contributed by atoms with Crippen LogP contribution in [0.1, 0.15) is 23.6 Å². The maximum Gasteiger partial charge on any atom is 0.407 e. The van der Waals surface area contributed by atoms with Gasteiger partial charge in [0, 0.05) is 0 Å². The van der Waals surface area contributed by atoms with Gasteiger partial charge in [0.2, 0.25) is 0 Å². The minimum atomic E-state index is -1.03. The quantitative estimate of drug-likeness (QED) is 0.726. The molecule has 2 N–H and O–H groups in total. The number of halogens is 1. The minimum Gasteiger partial charge on any atom is -0.496 e. The van der Waals surface area contributed by atoms with Crippen molar-refractivity contribution >= 4 is 28.0 Å². The minimum absolute atomic E-state index is 0.110. The number of benzene rings is 2. The van der Waals surface area contributed by atoms with E-state index in [1.165, 1.54) is 7.11 Å². The van der Waals surface area contributed by atoms with Gasteiger partial charge in [0.25, 0.3) is 0 Å². The smallest absolute Gasteiger partial charge is 0.407 e. The summed E-state index contributed by atoms with van der Waals surface area (Å²) in [5, 5.41) is 11.7. The monoisotopic (exact) mass is 407 g/mol. The van der Waals surface area contributed by atoms with Gasteiger partial charge in [-0.15, -0.1) is 0 Å². The van der Waals surface area contributed by atoms with Gasteiger partial charge in [-0.2, -0.15) is 0 Å². The zero-order valence-corrected chi connectivity index (χ0v) is 15.2. The van der Waals surface area contributed by atoms with Crippen molar-refractivity contribution in [3.05, 3.63) is 64.1 Å². The number of methoxy groups -OCH3 is 1. The molecular weight excluding hydrogens is 390 g/mol. The average Bonchev–Trinajstić information content (AvgIpc) is 2.60. The maximum absolute atomic E-state index is 12.0. The maximum atomic E-state index is 12.0. The molecule has 0 bridgehead atoms. The molecule has 7 heteroatoms. The van der Waals surface area contributed by atoms with Crippen LogP contribution in [0.15, 0.2) is 53.0 Å². The molecule has 1 amide bonds. The lowest BCUT2D eigenvalue weighted by atomic mass is 10.0. The predicted octanol–water partition coefficient (Wildman–Crippen LogP) is 3.90. The highest BCUT2D eigenvalue weighted by Gasteiger charge is 2.20. The van der Waals surface area contributed by atoms with E-state index in [0.717, 1.165) is 5.56 Å². The first kappa shape index (κ1) is 18.8. The highest BCUT2D eigenvalue weighted by molar-refractivity contribution is 9.10. The van der Waals surface area contributed by atoms with Crippen molar-refractivity contribution < 1.29 is 24.2 Å². The lowest BCUT2D eigenvalue weighted by molar-refractivity contribution is -0.137. The summed E-state index contributed by atoms with van der Waals surface area (Å²) in [6, 6.07) is 13.6. The van der Waals surface area contributed by atoms with Crippen LogP contribution in [0, 0.1) is 0 Å². The Morgan fingerprint density at radius 2 is 1.92 bits per heavy atom. The summed E-state index contributed by atoms with van der Waals surface area (Å²) < 4.78 is 11.0. The highest BCUT2D eigenvalue weighted by Crippen LogP contribution is 2.29. The van der Waals surface area contributed by atoms with E-state index in [1.807, 2.05) is 30.3 Å². The van der Waals surface area contributed by atoms with Crippen LogP contribution in [0.3, 0.4) is 0 Å². The number of alkyl carbamates (subject to hydrolysis) is 1. The Balaban J connectivity index is 2.05. The standard InChI is InChI=1S/C18H18BrNO5/c1-24-16-8-7-13(9-14(16)19)15(10-17(21)22)20-18(23)25-11-12-5-3-2-4-6-12/h2-9,15H,10-11H2,1H3,(H,20,23)(H,21,22)/t15-/m1/s1. The number of hydrogen-bond acceptors (Lipinski definition) is 4. The molecule has 0 aromatic heterocycles. The molecule has 0 unspecified atom stereocenters. The third-order valence-corrected chi connectivity index (χ3v) is 4.08. The number of carboxylic acids is 1. The lowest BCUT2D eigenvalue weighted by Gasteiger charge is -2.18. The molecule has 0 saturated heterocycles. The number of carbonyl (C=O) groups is 2. The molecule has 0 heterocycles. The molecule has 0 aliphatic heterocycles. The molecule has 1 atom stereocenters. The Labute approximate surface area is 153 Å². The van der Waals surface area contributed by atoms with Crippen LogP contribution in [0.2, 0.25) is 0 Å². The average molecular weight is 408 g/mol. The molecule has 2 aromatic carbocycles. The van der Waals surface area contributed by atoms with E-state index < -0.39 is 18.1 Å². The van der Waals surface area contributed by atoms with Crippen molar-refractivity contribution in [1.82, 2.24) is 5.32 Å². The van der Waals surface area contributed by atoms with Crippen molar-refractivity contribution in [2.45, 2.75) is 19.1 Å². The van der Waals surface area contributed by atoms with Gasteiger partial charge in [-0.3, -0.25) is 4.79 Å². The van der Waals surface area contributed by atoms with Gasteiger partial charge in [-0.25, -0.2) is 4.79 Å². The van der Waals surface area contributed by atoms with Gasteiger partial charge < -0.3 is 19.9 Å². The molecule has 0 spiro atoms. The molecule has 0 fully saturated rings. The van der Waals surface area contributed by atoms with Crippen molar-refractivity contribution in [1.29, 1.82) is 0 Å². The Hall–Kier alpha value is -2.54. The fourth-order valence-electron chi connectivity index (χ4n) is 2.23. The van der Waals surface area contributed by atoms with Gasteiger partial charge in [-0.1, -0.05) is 36.4 Å². The summed E-state index contributed by atoms with van der Waals surface area (Å²) >= 11 is 3.35. The van der Waals surface area contributed by atoms with Crippen LogP contribution >= 0.6 is 15.9 Å². The van der Waals surface area contributed by atoms with Crippen LogP contribution in [0.5, 0.6) is 5.75 Å². The number of carbonyl (C=O) groups excluding carboxylic acids is 1. The van der Waals surface area contributed by atoms with Crippen LogP contribution in [0.25, 0.3) is 0 Å². The summed E-state index contributed by atoms with van der Waals surface area (Å²) in [5.74, 6) is -0.412. The van der Waals surface area contributed by atoms with Gasteiger partial charge in [-0.05, 0) is 39.2 Å². The van der Waals surface area contributed by atoms with Crippen LogP contribution in [0.4, 0.5) is 4.79 Å². The summed E-state index contributed by atoms with van der Waals surface area (Å²) in [6.45, 7) is 0.110. The Morgan fingerprint density at radius 1 is 1.20 bits per heavy atom. The number of rotatable bonds is 7. The van der Waals surface area contributed by atoms with Crippen molar-refractivity contribution in [2.24, 2.45) is 0 Å². The third kappa shape index (κ3) is 5.79. The summed E-state index contributed by atoms with van der Waals surface area (Å²) in [6.07, 6.45) is -0.943. The van der Waals surface area contributed by atoms with Gasteiger partial charge >= 0.3 is 12.1 Å². The lowest BCUT2D eigenvalue weighted by Crippen LogP contribution is -2.30. The highest BCUT2D eigenvalue weighted by atomic mass is 79.9. The number of aliphatic carboxylic acids is 1. The van der Waals surface area contributed by atoms with E-state index >= 15 is 0 Å². The molecule has 0 saturated carbocycles. The van der Waals surface area contributed by atoms with Crippen molar-refractivity contribution in [3.8, 4) is 5.75 Å². The summed E-state index contributed by atoms with van der Waals surface area (Å²) in [4.78, 5) is 23.2. The second-order valence-electron chi connectivity index (χ2n) is 5.25.